The maximum atomic E-state index is 5.88. The van der Waals surface area contributed by atoms with Crippen LogP contribution in [0.3, 0.4) is 0 Å². The van der Waals surface area contributed by atoms with Gasteiger partial charge in [-0.15, -0.1) is 0 Å². The minimum Gasteiger partial charge on any atom is -0.328 e. The molecular formula is C13H31N3. The van der Waals surface area contributed by atoms with Gasteiger partial charge >= 0.3 is 0 Å². The molecule has 0 aromatic carbocycles. The van der Waals surface area contributed by atoms with Gasteiger partial charge in [-0.3, -0.25) is 0 Å². The Labute approximate surface area is 102 Å². The summed E-state index contributed by atoms with van der Waals surface area (Å²) in [6.07, 6.45) is 6.18. The van der Waals surface area contributed by atoms with Gasteiger partial charge < -0.3 is 16.0 Å². The maximum Gasteiger partial charge on any atom is 0.0189 e. The Morgan fingerprint density at radius 1 is 1.25 bits per heavy atom. The third-order valence-electron chi connectivity index (χ3n) is 3.36. The monoisotopic (exact) mass is 229 g/mol. The number of nitrogens with two attached hydrogens (primary N) is 1. The molecule has 0 aliphatic rings. The number of likely N-dealkylation sites (N-methyl/N-ethyl adjacent to an activating group) is 2. The van der Waals surface area contributed by atoms with Crippen molar-refractivity contribution < 1.29 is 0 Å². The zero-order chi connectivity index (χ0) is 12.4. The molecule has 0 heterocycles. The van der Waals surface area contributed by atoms with Gasteiger partial charge in [0.05, 0.1) is 0 Å². The van der Waals surface area contributed by atoms with Crippen molar-refractivity contribution in [3.8, 4) is 0 Å². The second kappa shape index (κ2) is 10.1. The highest BCUT2D eigenvalue weighted by Crippen LogP contribution is 2.06. The van der Waals surface area contributed by atoms with E-state index in [0.29, 0.717) is 12.1 Å². The summed E-state index contributed by atoms with van der Waals surface area (Å²) in [7, 11) is 4.22. The number of nitrogens with zero attached hydrogens (tertiary/aromatic N) is 1. The normalized spacial score (nSPS) is 15.4. The van der Waals surface area contributed by atoms with Gasteiger partial charge in [0.15, 0.2) is 0 Å². The number of unbranched alkanes of at least 4 members (excludes halogenated alkanes) is 2. The molecule has 3 N–H and O–H groups in total. The van der Waals surface area contributed by atoms with E-state index in [-0.39, 0.29) is 0 Å². The molecule has 0 aromatic rings. The molecule has 0 aromatic heterocycles. The lowest BCUT2D eigenvalue weighted by Crippen LogP contribution is -2.37. The van der Waals surface area contributed by atoms with Crippen LogP contribution < -0.4 is 11.1 Å². The Morgan fingerprint density at radius 2 is 1.94 bits per heavy atom. The van der Waals surface area contributed by atoms with Crippen molar-refractivity contribution in [1.82, 2.24) is 10.2 Å². The third kappa shape index (κ3) is 8.08. The van der Waals surface area contributed by atoms with Gasteiger partial charge in [-0.25, -0.2) is 0 Å². The van der Waals surface area contributed by atoms with Crippen LogP contribution in [0.15, 0.2) is 0 Å². The van der Waals surface area contributed by atoms with Gasteiger partial charge in [-0.1, -0.05) is 19.8 Å². The summed E-state index contributed by atoms with van der Waals surface area (Å²) < 4.78 is 0. The SMILES string of the molecule is CCC(N)CCCCCN(C)C(C)CNC. The summed E-state index contributed by atoms with van der Waals surface area (Å²) in [6.45, 7) is 6.70. The lowest BCUT2D eigenvalue weighted by atomic mass is 10.1. The summed E-state index contributed by atoms with van der Waals surface area (Å²) in [5.74, 6) is 0. The second-order valence-electron chi connectivity index (χ2n) is 4.90. The number of rotatable bonds is 10. The topological polar surface area (TPSA) is 41.3 Å². The number of hydrogen-bond acceptors (Lipinski definition) is 3. The lowest BCUT2D eigenvalue weighted by Gasteiger charge is -2.24. The van der Waals surface area contributed by atoms with Gasteiger partial charge in [0.25, 0.3) is 0 Å². The van der Waals surface area contributed by atoms with Crippen molar-refractivity contribution >= 4 is 0 Å². The van der Waals surface area contributed by atoms with Crippen LogP contribution in [0, 0.1) is 0 Å². The summed E-state index contributed by atoms with van der Waals surface area (Å²) >= 11 is 0. The molecule has 3 nitrogen and oxygen atoms in total. The van der Waals surface area contributed by atoms with Crippen LogP contribution in [-0.2, 0) is 0 Å². The number of hydrogen-bond donors (Lipinski definition) is 2. The largest absolute Gasteiger partial charge is 0.328 e. The molecule has 0 bridgehead atoms. The molecule has 0 radical (unpaired) electrons. The quantitative estimate of drug-likeness (QED) is 0.562. The van der Waals surface area contributed by atoms with Crippen molar-refractivity contribution in [3.63, 3.8) is 0 Å². The van der Waals surface area contributed by atoms with Crippen LogP contribution in [0.25, 0.3) is 0 Å². The Kier molecular flexibility index (Phi) is 9.99. The highest BCUT2D eigenvalue weighted by molar-refractivity contribution is 4.65. The fourth-order valence-electron chi connectivity index (χ4n) is 1.82. The first-order chi connectivity index (χ1) is 7.61. The molecule has 0 spiro atoms. The highest BCUT2D eigenvalue weighted by Gasteiger charge is 2.07. The first-order valence-electron chi connectivity index (χ1n) is 6.72. The molecular weight excluding hydrogens is 198 g/mol. The Bertz CT molecular complexity index is 150. The van der Waals surface area contributed by atoms with Gasteiger partial charge in [0.2, 0.25) is 0 Å². The van der Waals surface area contributed by atoms with E-state index in [2.05, 4.69) is 31.1 Å². The molecule has 3 heteroatoms. The van der Waals surface area contributed by atoms with E-state index < -0.39 is 0 Å². The van der Waals surface area contributed by atoms with Gasteiger partial charge in [0, 0.05) is 18.6 Å². The van der Waals surface area contributed by atoms with E-state index in [1.807, 2.05) is 7.05 Å². The van der Waals surface area contributed by atoms with Crippen LogP contribution >= 0.6 is 0 Å². The van der Waals surface area contributed by atoms with Crippen molar-refractivity contribution in [2.45, 2.75) is 58.0 Å². The zero-order valence-electron chi connectivity index (χ0n) is 11.6. The lowest BCUT2D eigenvalue weighted by molar-refractivity contribution is 0.248. The third-order valence-corrected chi connectivity index (χ3v) is 3.36. The first kappa shape index (κ1) is 15.9. The first-order valence-corrected chi connectivity index (χ1v) is 6.72. The highest BCUT2D eigenvalue weighted by atomic mass is 15.1. The predicted molar refractivity (Wildman–Crippen MR) is 72.8 cm³/mol. The molecule has 0 saturated carbocycles. The fraction of sp³-hybridized carbons (Fsp3) is 1.00. The average molecular weight is 229 g/mol. The van der Waals surface area contributed by atoms with Crippen LogP contribution in [0.4, 0.5) is 0 Å². The Morgan fingerprint density at radius 3 is 2.50 bits per heavy atom. The average Bonchev–Trinajstić information content (AvgIpc) is 2.28. The molecule has 0 saturated heterocycles. The van der Waals surface area contributed by atoms with Crippen molar-refractivity contribution in [1.29, 1.82) is 0 Å². The van der Waals surface area contributed by atoms with Gasteiger partial charge in [-0.2, -0.15) is 0 Å². The minimum atomic E-state index is 0.418. The van der Waals surface area contributed by atoms with Gasteiger partial charge in [-0.05, 0) is 46.8 Å². The molecule has 0 aliphatic carbocycles. The van der Waals surface area contributed by atoms with Gasteiger partial charge in [0.1, 0.15) is 0 Å². The predicted octanol–water partition coefficient (Wildman–Crippen LogP) is 1.82. The van der Waals surface area contributed by atoms with Crippen molar-refractivity contribution in [2.75, 3.05) is 27.2 Å². The van der Waals surface area contributed by atoms with Crippen LogP contribution in [0.1, 0.15) is 46.0 Å². The molecule has 16 heavy (non-hydrogen) atoms. The van der Waals surface area contributed by atoms with E-state index in [4.69, 9.17) is 5.73 Å². The van der Waals surface area contributed by atoms with Crippen LogP contribution in [0.5, 0.6) is 0 Å². The van der Waals surface area contributed by atoms with E-state index in [1.54, 1.807) is 0 Å². The Hall–Kier alpha value is -0.120. The van der Waals surface area contributed by atoms with E-state index in [1.165, 1.54) is 32.2 Å². The smallest absolute Gasteiger partial charge is 0.0189 e. The van der Waals surface area contributed by atoms with E-state index >= 15 is 0 Å². The fourth-order valence-corrected chi connectivity index (χ4v) is 1.82. The molecule has 2 atom stereocenters. The van der Waals surface area contributed by atoms with Crippen LogP contribution in [-0.4, -0.2) is 44.2 Å². The molecule has 0 amide bonds. The molecule has 2 unspecified atom stereocenters. The van der Waals surface area contributed by atoms with Crippen LogP contribution in [0.2, 0.25) is 0 Å². The molecule has 0 aliphatic heterocycles. The van der Waals surface area contributed by atoms with E-state index in [0.717, 1.165) is 13.0 Å². The molecule has 0 rings (SSSR count). The summed E-state index contributed by atoms with van der Waals surface area (Å²) in [6, 6.07) is 1.05. The van der Waals surface area contributed by atoms with Crippen molar-refractivity contribution in [2.24, 2.45) is 5.73 Å². The molecule has 98 valence electrons. The Balaban J connectivity index is 3.37. The standard InChI is InChI=1S/C13H31N3/c1-5-13(14)9-7-6-8-10-16(4)12(2)11-15-3/h12-13,15H,5-11,14H2,1-4H3. The van der Waals surface area contributed by atoms with E-state index in [9.17, 15) is 0 Å². The summed E-state index contributed by atoms with van der Waals surface area (Å²) in [4.78, 5) is 2.43. The zero-order valence-corrected chi connectivity index (χ0v) is 11.6. The summed E-state index contributed by atoms with van der Waals surface area (Å²) in [5.41, 5.74) is 5.88. The number of nitrogens with one attached hydrogen (secondary N) is 1. The van der Waals surface area contributed by atoms with Crippen molar-refractivity contribution in [3.05, 3.63) is 0 Å². The molecule has 0 fully saturated rings. The second-order valence-corrected chi connectivity index (χ2v) is 4.90. The minimum absolute atomic E-state index is 0.418. The maximum absolute atomic E-state index is 5.88. The summed E-state index contributed by atoms with van der Waals surface area (Å²) in [5, 5.41) is 3.21.